The zero-order chi connectivity index (χ0) is 10.6. The molecule has 1 heterocycles. The summed E-state index contributed by atoms with van der Waals surface area (Å²) in [5.74, 6) is 0. The molecule has 14 heavy (non-hydrogen) atoms. The summed E-state index contributed by atoms with van der Waals surface area (Å²) in [5.41, 5.74) is 1.38. The molecule has 0 fully saturated rings. The fourth-order valence-corrected chi connectivity index (χ4v) is 1.68. The van der Waals surface area contributed by atoms with E-state index in [2.05, 4.69) is 18.9 Å². The Balaban J connectivity index is 3.03. The lowest BCUT2D eigenvalue weighted by molar-refractivity contribution is 0.112. The van der Waals surface area contributed by atoms with Crippen molar-refractivity contribution in [2.24, 2.45) is 0 Å². The van der Waals surface area contributed by atoms with Gasteiger partial charge < -0.3 is 0 Å². The number of aldehydes is 1. The maximum Gasteiger partial charge on any atom is 0.155 e. The molecule has 0 spiro atoms. The van der Waals surface area contributed by atoms with Crippen LogP contribution in [0.1, 0.15) is 42.7 Å². The SMILES string of the molecule is CCCc1nn(CCC)c(Cl)c1C=O. The number of carbonyl (C=O) groups is 1. The smallest absolute Gasteiger partial charge is 0.155 e. The van der Waals surface area contributed by atoms with Crippen LogP contribution in [0.2, 0.25) is 5.15 Å². The van der Waals surface area contributed by atoms with Crippen molar-refractivity contribution in [1.29, 1.82) is 0 Å². The van der Waals surface area contributed by atoms with Crippen LogP contribution in [0.5, 0.6) is 0 Å². The summed E-state index contributed by atoms with van der Waals surface area (Å²) in [5, 5.41) is 4.79. The van der Waals surface area contributed by atoms with E-state index in [1.807, 2.05) is 0 Å². The monoisotopic (exact) mass is 214 g/mol. The second kappa shape index (κ2) is 5.15. The van der Waals surface area contributed by atoms with Crippen LogP contribution in [0.15, 0.2) is 0 Å². The Morgan fingerprint density at radius 1 is 1.43 bits per heavy atom. The third-order valence-corrected chi connectivity index (χ3v) is 2.44. The van der Waals surface area contributed by atoms with Crippen LogP contribution in [0.4, 0.5) is 0 Å². The van der Waals surface area contributed by atoms with E-state index in [0.29, 0.717) is 10.7 Å². The Kier molecular flexibility index (Phi) is 4.14. The minimum absolute atomic E-state index is 0.477. The molecule has 0 saturated heterocycles. The molecule has 1 rings (SSSR count). The average molecular weight is 215 g/mol. The normalized spacial score (nSPS) is 10.5. The molecule has 78 valence electrons. The molecule has 0 aliphatic rings. The number of halogens is 1. The van der Waals surface area contributed by atoms with Gasteiger partial charge in [0.1, 0.15) is 5.15 Å². The zero-order valence-corrected chi connectivity index (χ0v) is 9.34. The van der Waals surface area contributed by atoms with Gasteiger partial charge in [0.05, 0.1) is 11.3 Å². The molecule has 0 aromatic carbocycles. The molecule has 0 unspecified atom stereocenters. The minimum Gasteiger partial charge on any atom is -0.298 e. The molecule has 0 saturated carbocycles. The van der Waals surface area contributed by atoms with Crippen molar-refractivity contribution >= 4 is 17.9 Å². The molecule has 0 atom stereocenters. The summed E-state index contributed by atoms with van der Waals surface area (Å²) in [6.07, 6.45) is 3.54. The molecule has 0 radical (unpaired) electrons. The number of aryl methyl sites for hydroxylation is 2. The molecule has 1 aromatic rings. The van der Waals surface area contributed by atoms with Crippen molar-refractivity contribution in [3.8, 4) is 0 Å². The van der Waals surface area contributed by atoms with Gasteiger partial charge in [0.25, 0.3) is 0 Å². The first-order valence-electron chi connectivity index (χ1n) is 4.94. The molecule has 0 aliphatic carbocycles. The van der Waals surface area contributed by atoms with Gasteiger partial charge in [-0.25, -0.2) is 0 Å². The number of carbonyl (C=O) groups excluding carboxylic acids is 1. The topological polar surface area (TPSA) is 34.9 Å². The van der Waals surface area contributed by atoms with Crippen molar-refractivity contribution in [3.05, 3.63) is 16.4 Å². The lowest BCUT2D eigenvalue weighted by Crippen LogP contribution is -1.99. The quantitative estimate of drug-likeness (QED) is 0.707. The van der Waals surface area contributed by atoms with E-state index in [-0.39, 0.29) is 0 Å². The predicted molar refractivity (Wildman–Crippen MR) is 56.9 cm³/mol. The van der Waals surface area contributed by atoms with Crippen molar-refractivity contribution in [2.45, 2.75) is 39.7 Å². The van der Waals surface area contributed by atoms with Crippen LogP contribution in [-0.4, -0.2) is 16.1 Å². The molecule has 4 heteroatoms. The summed E-state index contributed by atoms with van der Waals surface area (Å²) in [4.78, 5) is 10.8. The highest BCUT2D eigenvalue weighted by atomic mass is 35.5. The number of rotatable bonds is 5. The van der Waals surface area contributed by atoms with Crippen molar-refractivity contribution in [1.82, 2.24) is 9.78 Å². The predicted octanol–water partition coefficient (Wildman–Crippen LogP) is 2.71. The Morgan fingerprint density at radius 2 is 2.14 bits per heavy atom. The molecule has 0 bridgehead atoms. The molecular weight excluding hydrogens is 200 g/mol. The Hall–Kier alpha value is -0.830. The maximum absolute atomic E-state index is 10.8. The third kappa shape index (κ3) is 2.15. The van der Waals surface area contributed by atoms with Gasteiger partial charge in [-0.05, 0) is 12.8 Å². The Labute approximate surface area is 89.1 Å². The van der Waals surface area contributed by atoms with E-state index in [4.69, 9.17) is 11.6 Å². The second-order valence-electron chi connectivity index (χ2n) is 3.24. The zero-order valence-electron chi connectivity index (χ0n) is 8.59. The van der Waals surface area contributed by atoms with Crippen molar-refractivity contribution < 1.29 is 4.79 Å². The Morgan fingerprint density at radius 3 is 2.64 bits per heavy atom. The minimum atomic E-state index is 0.477. The van der Waals surface area contributed by atoms with Gasteiger partial charge in [-0.3, -0.25) is 9.48 Å². The van der Waals surface area contributed by atoms with E-state index in [0.717, 1.165) is 37.8 Å². The van der Waals surface area contributed by atoms with Gasteiger partial charge in [-0.15, -0.1) is 0 Å². The van der Waals surface area contributed by atoms with Crippen LogP contribution in [0.3, 0.4) is 0 Å². The van der Waals surface area contributed by atoms with Gasteiger partial charge in [-0.1, -0.05) is 31.9 Å². The summed E-state index contributed by atoms with van der Waals surface area (Å²) in [6.45, 7) is 4.88. The summed E-state index contributed by atoms with van der Waals surface area (Å²) in [7, 11) is 0. The summed E-state index contributed by atoms with van der Waals surface area (Å²) < 4.78 is 1.70. The van der Waals surface area contributed by atoms with E-state index in [1.165, 1.54) is 0 Å². The highest BCUT2D eigenvalue weighted by Gasteiger charge is 2.13. The largest absolute Gasteiger partial charge is 0.298 e. The lowest BCUT2D eigenvalue weighted by atomic mass is 10.2. The van der Waals surface area contributed by atoms with Crippen LogP contribution >= 0.6 is 11.6 Å². The Bertz CT molecular complexity index is 320. The molecule has 0 aliphatic heterocycles. The average Bonchev–Trinajstić information content (AvgIpc) is 2.45. The highest BCUT2D eigenvalue weighted by molar-refractivity contribution is 6.32. The molecular formula is C10H15ClN2O. The van der Waals surface area contributed by atoms with E-state index in [9.17, 15) is 4.79 Å². The summed E-state index contributed by atoms with van der Waals surface area (Å²) in [6, 6.07) is 0. The standard InChI is InChI=1S/C10H15ClN2O/c1-3-5-9-8(7-14)10(11)13(12-9)6-4-2/h7H,3-6H2,1-2H3. The van der Waals surface area contributed by atoms with Crippen LogP contribution in [-0.2, 0) is 13.0 Å². The lowest BCUT2D eigenvalue weighted by Gasteiger charge is -1.98. The molecule has 0 N–H and O–H groups in total. The molecule has 3 nitrogen and oxygen atoms in total. The van der Waals surface area contributed by atoms with Gasteiger partial charge in [0.15, 0.2) is 6.29 Å². The first kappa shape index (κ1) is 11.2. The fraction of sp³-hybridized carbons (Fsp3) is 0.600. The highest BCUT2D eigenvalue weighted by Crippen LogP contribution is 2.19. The van der Waals surface area contributed by atoms with E-state index >= 15 is 0 Å². The second-order valence-corrected chi connectivity index (χ2v) is 3.60. The number of hydrogen-bond donors (Lipinski definition) is 0. The first-order chi connectivity index (χ1) is 6.74. The maximum atomic E-state index is 10.8. The van der Waals surface area contributed by atoms with E-state index < -0.39 is 0 Å². The molecule has 1 aromatic heterocycles. The van der Waals surface area contributed by atoms with Gasteiger partial charge in [0.2, 0.25) is 0 Å². The van der Waals surface area contributed by atoms with E-state index in [1.54, 1.807) is 4.68 Å². The van der Waals surface area contributed by atoms with Crippen molar-refractivity contribution in [3.63, 3.8) is 0 Å². The van der Waals surface area contributed by atoms with Gasteiger partial charge >= 0.3 is 0 Å². The number of hydrogen-bond acceptors (Lipinski definition) is 2. The molecule has 0 amide bonds. The van der Waals surface area contributed by atoms with Gasteiger partial charge in [-0.2, -0.15) is 5.10 Å². The van der Waals surface area contributed by atoms with Crippen LogP contribution in [0.25, 0.3) is 0 Å². The van der Waals surface area contributed by atoms with Crippen LogP contribution < -0.4 is 0 Å². The van der Waals surface area contributed by atoms with Crippen molar-refractivity contribution in [2.75, 3.05) is 0 Å². The van der Waals surface area contributed by atoms with Crippen LogP contribution in [0, 0.1) is 0 Å². The van der Waals surface area contributed by atoms with Gasteiger partial charge in [0, 0.05) is 6.54 Å². The fourth-order valence-electron chi connectivity index (χ4n) is 1.40. The number of nitrogens with zero attached hydrogens (tertiary/aromatic N) is 2. The number of aromatic nitrogens is 2. The third-order valence-electron chi connectivity index (χ3n) is 2.04. The first-order valence-corrected chi connectivity index (χ1v) is 5.32. The summed E-state index contributed by atoms with van der Waals surface area (Å²) >= 11 is 6.01.